The first-order chi connectivity index (χ1) is 37.1. The van der Waals surface area contributed by atoms with Gasteiger partial charge >= 0.3 is 20.2 Å². The second-order valence-corrected chi connectivity index (χ2v) is 26.6. The Morgan fingerprint density at radius 3 is 2.15 bits per heavy atom. The molecule has 1 saturated carbocycles. The van der Waals surface area contributed by atoms with Crippen LogP contribution < -0.4 is 14.1 Å². The van der Waals surface area contributed by atoms with E-state index in [0.29, 0.717) is 12.3 Å². The van der Waals surface area contributed by atoms with Crippen molar-refractivity contribution < 1.29 is 89.2 Å². The molecule has 0 spiro atoms. The highest BCUT2D eigenvalue weighted by Gasteiger charge is 2.68. The van der Waals surface area contributed by atoms with E-state index in [1.165, 1.54) is 45.9 Å². The zero-order valence-electron chi connectivity index (χ0n) is 42.9. The van der Waals surface area contributed by atoms with Crippen molar-refractivity contribution >= 4 is 67.8 Å². The van der Waals surface area contributed by atoms with Crippen molar-refractivity contribution in [1.82, 2.24) is 29.9 Å². The molecule has 17 nitrogen and oxygen atoms in total. The van der Waals surface area contributed by atoms with E-state index < -0.39 is 179 Å². The van der Waals surface area contributed by atoms with Crippen molar-refractivity contribution in [2.24, 2.45) is 11.3 Å². The summed E-state index contributed by atoms with van der Waals surface area (Å²) in [4.78, 5) is 52.8. The lowest BCUT2D eigenvalue weighted by Crippen LogP contribution is -2.45. The minimum atomic E-state index is -5.25. The number of rotatable bonds is 16. The number of para-hydroxylation sites is 1. The average molecular weight is 1220 g/mol. The summed E-state index contributed by atoms with van der Waals surface area (Å²) in [5.74, 6) is -8.04. The summed E-state index contributed by atoms with van der Waals surface area (Å²) in [5, 5.41) is 8.65. The number of sulfonamides is 1. The molecule has 3 atom stereocenters. The molecule has 31 heteroatoms. The Labute approximate surface area is 459 Å². The molecule has 2 aliphatic rings. The Hall–Kier alpha value is -6.57. The topological polar surface area (TPSA) is 233 Å². The van der Waals surface area contributed by atoms with Crippen LogP contribution in [-0.2, 0) is 72.0 Å². The van der Waals surface area contributed by atoms with Gasteiger partial charge in [0.25, 0.3) is 5.92 Å². The molecule has 2 aliphatic carbocycles. The number of hydrogen-bond acceptors (Lipinski definition) is 11. The highest BCUT2D eigenvalue weighted by Crippen LogP contribution is 2.68. The molecular weight excluding hydrogens is 1180 g/mol. The summed E-state index contributed by atoms with van der Waals surface area (Å²) in [6.45, 7) is 1.46. The number of sulfone groups is 1. The van der Waals surface area contributed by atoms with Gasteiger partial charge in [-0.25, -0.2) is 35.2 Å². The molecule has 0 radical (unpaired) electrons. The fourth-order valence-corrected chi connectivity index (χ4v) is 11.4. The van der Waals surface area contributed by atoms with Crippen LogP contribution in [0.2, 0.25) is 5.02 Å². The maximum atomic E-state index is 15.7. The molecule has 0 saturated heterocycles. The lowest BCUT2D eigenvalue weighted by Gasteiger charge is -2.30. The quantitative estimate of drug-likeness (QED) is 0.0466. The van der Waals surface area contributed by atoms with Gasteiger partial charge in [-0.2, -0.15) is 49.6 Å². The zero-order valence-corrected chi connectivity index (χ0v) is 46.2. The number of carbonyl (C=O) groups is 2. The van der Waals surface area contributed by atoms with Crippen molar-refractivity contribution in [1.29, 1.82) is 0 Å². The van der Waals surface area contributed by atoms with Gasteiger partial charge in [0.2, 0.25) is 21.8 Å². The lowest BCUT2D eigenvalue weighted by atomic mass is 9.84. The van der Waals surface area contributed by atoms with Gasteiger partial charge in [-0.15, -0.1) is 0 Å². The van der Waals surface area contributed by atoms with Crippen molar-refractivity contribution in [3.8, 4) is 28.7 Å². The number of amides is 2. The number of alkyl halides is 8. The molecule has 3 N–H and O–H groups in total. The molecule has 1 fully saturated rings. The number of phosphoric ester groups is 1. The number of carbonyl (C=O) groups excluding carboxylic acids is 2. The summed E-state index contributed by atoms with van der Waals surface area (Å²) in [7, 11) is -14.2. The summed E-state index contributed by atoms with van der Waals surface area (Å²) in [6, 6.07) is 9.73. The van der Waals surface area contributed by atoms with Crippen molar-refractivity contribution in [2.45, 2.75) is 95.0 Å². The van der Waals surface area contributed by atoms with Gasteiger partial charge in [-0.1, -0.05) is 55.6 Å². The molecule has 434 valence electrons. The van der Waals surface area contributed by atoms with Gasteiger partial charge in [-0.05, 0) is 92.5 Å². The number of phosphoric acid groups is 1. The second-order valence-electron chi connectivity index (χ2n) is 20.6. The largest absolute Gasteiger partial charge is 0.524 e. The predicted molar refractivity (Wildman–Crippen MR) is 272 cm³/mol. The third-order valence-electron chi connectivity index (χ3n) is 13.4. The van der Waals surface area contributed by atoms with Gasteiger partial charge in [0.05, 0.1) is 33.9 Å². The number of aromatic nitrogens is 5. The van der Waals surface area contributed by atoms with E-state index >= 15 is 8.78 Å². The Morgan fingerprint density at radius 1 is 0.926 bits per heavy atom. The molecule has 0 bridgehead atoms. The maximum absolute atomic E-state index is 15.7. The summed E-state index contributed by atoms with van der Waals surface area (Å²) in [6.07, 6.45) is -10.7. The van der Waals surface area contributed by atoms with Gasteiger partial charge < -0.3 is 9.84 Å². The lowest BCUT2D eigenvalue weighted by molar-refractivity contribution is -0.143. The third-order valence-corrected chi connectivity index (χ3v) is 17.1. The van der Waals surface area contributed by atoms with Crippen LogP contribution in [0.5, 0.6) is 5.75 Å². The van der Waals surface area contributed by atoms with Crippen LogP contribution in [0.4, 0.5) is 49.7 Å². The first-order valence-electron chi connectivity index (χ1n) is 23.8. The molecule has 3 aromatic heterocycles. The molecule has 0 aliphatic heterocycles. The summed E-state index contributed by atoms with van der Waals surface area (Å²) >= 11 is 6.76. The Balaban J connectivity index is 1.35. The Bertz CT molecular complexity index is 3910. The smallest absolute Gasteiger partial charge is 0.404 e. The predicted octanol–water partition coefficient (Wildman–Crippen LogP) is 9.32. The summed E-state index contributed by atoms with van der Waals surface area (Å²) in [5.41, 5.74) is -8.22. The van der Waals surface area contributed by atoms with E-state index in [0.717, 1.165) is 48.7 Å². The molecule has 6 aromatic rings. The van der Waals surface area contributed by atoms with Crippen LogP contribution >= 0.6 is 19.4 Å². The van der Waals surface area contributed by atoms with Crippen LogP contribution in [0.15, 0.2) is 66.7 Å². The fourth-order valence-electron chi connectivity index (χ4n) is 9.50. The maximum Gasteiger partial charge on any atom is 0.524 e. The van der Waals surface area contributed by atoms with Gasteiger partial charge in [0.15, 0.2) is 21.3 Å². The third kappa shape index (κ3) is 12.6. The number of anilines is 1. The number of nitrogens with one attached hydrogen (secondary N) is 1. The monoisotopic (exact) mass is 1220 g/mol. The van der Waals surface area contributed by atoms with E-state index in [1.54, 1.807) is 0 Å². The number of pyridine rings is 1. The normalized spacial score (nSPS) is 16.8. The van der Waals surface area contributed by atoms with E-state index in [9.17, 15) is 75.9 Å². The molecular formula is C50H45ClF10N7O10PS2. The zero-order chi connectivity index (χ0) is 60.1. The SMILES string of the molecule is CC(C)(Cc1ccccc1OP(=O)(O)O)C(=O)N(c1nn(CC(F)(F)F)c2c(-c3ccc(C#CC(C)(C)S(C)(=O)=O)nc3[C@H](Cc3cc(F)cc(F)c3)NC(=O)Cn3nc(C(F)(F)F)c4c3C(F)(F)[C@@H]3C[C@H]43)ccc(Cl)c12)S(C)(=O)=O. The molecule has 81 heavy (non-hydrogen) atoms. The average Bonchev–Trinajstić information content (AvgIpc) is 3.30. The molecule has 0 unspecified atom stereocenters. The van der Waals surface area contributed by atoms with Crippen LogP contribution in [0, 0.1) is 34.8 Å². The van der Waals surface area contributed by atoms with Crippen LogP contribution in [0.3, 0.4) is 0 Å². The fraction of sp³-hybridized carbons (Fsp3) is 0.380. The Morgan fingerprint density at radius 2 is 1.56 bits per heavy atom. The Kier molecular flexibility index (Phi) is 15.5. The van der Waals surface area contributed by atoms with Crippen LogP contribution in [0.25, 0.3) is 22.0 Å². The second kappa shape index (κ2) is 20.7. The number of nitrogens with zero attached hydrogens (tertiary/aromatic N) is 6. The van der Waals surface area contributed by atoms with E-state index in [4.69, 9.17) is 16.1 Å². The van der Waals surface area contributed by atoms with Crippen molar-refractivity contribution in [2.75, 3.05) is 16.8 Å². The van der Waals surface area contributed by atoms with E-state index in [2.05, 4.69) is 32.3 Å². The van der Waals surface area contributed by atoms with Gasteiger partial charge in [-0.3, -0.25) is 28.7 Å². The van der Waals surface area contributed by atoms with Gasteiger partial charge in [0.1, 0.15) is 46.6 Å². The van der Waals surface area contributed by atoms with Crippen LogP contribution in [-0.4, -0.2) is 86.4 Å². The summed E-state index contributed by atoms with van der Waals surface area (Å²) < 4.78 is 217. The minimum Gasteiger partial charge on any atom is -0.404 e. The number of fused-ring (bicyclic) bond motifs is 4. The molecule has 2 amide bonds. The van der Waals surface area contributed by atoms with Crippen molar-refractivity contribution in [3.05, 3.63) is 123 Å². The first-order valence-corrected chi connectivity index (χ1v) is 29.4. The van der Waals surface area contributed by atoms with E-state index in [-0.39, 0.29) is 42.5 Å². The minimum absolute atomic E-state index is 0.0370. The number of benzene rings is 3. The van der Waals surface area contributed by atoms with Gasteiger partial charge in [0, 0.05) is 40.3 Å². The molecule has 3 aromatic carbocycles. The number of halogens is 11. The number of hydrogen-bond donors (Lipinski definition) is 3. The molecule has 8 rings (SSSR count). The van der Waals surface area contributed by atoms with Crippen LogP contribution in [0.1, 0.15) is 85.5 Å². The highest BCUT2D eigenvalue weighted by atomic mass is 35.5. The standard InChI is InChI=1S/C50H45ClF10N7O10PS2/c1-46(2,22-26-9-7-8-10-36(26)78-79(71,72)73)45(70)68(81(6,76)77)44-39-34(51)14-13-31(41(39)67(65-44)24-48(54,55)56)30-12-11-29(15-16-47(3,4)80(5,74)75)62-40(30)35(19-25-17-27(52)20-28(53)18-25)63-37(69)23-66-43-38(42(64-66)50(59,60)61)32-21-33(32)49(43,57)58/h7-14,17-18,20,32-33,35H,19,21-24H2,1-6H3,(H,63,69)(H2,71,72,73)/t32-,33+,35-/m0/s1. The van der Waals surface area contributed by atoms with Crippen molar-refractivity contribution in [3.63, 3.8) is 0 Å². The highest BCUT2D eigenvalue weighted by molar-refractivity contribution is 7.93. The van der Waals surface area contributed by atoms with E-state index in [1.807, 2.05) is 0 Å². The first kappa shape index (κ1) is 60.5. The molecule has 3 heterocycles.